The standard InChI is InChI=1S/C25H26N4O3/c1-3-29(22-10-5-4-6-11-22)25(32)19-8-7-9-21(16-19)27-17-23(30)28-20-14-12-18(13-15-20)24(31)26-2/h4-16,27H,3,17H2,1-2H3,(H,26,31)(H,28,30). The molecule has 0 fully saturated rings. The molecule has 0 aliphatic rings. The third-order valence-corrected chi connectivity index (χ3v) is 4.85. The van der Waals surface area contributed by atoms with Crippen molar-refractivity contribution in [3.05, 3.63) is 90.0 Å². The molecule has 32 heavy (non-hydrogen) atoms. The monoisotopic (exact) mass is 430 g/mol. The molecular weight excluding hydrogens is 404 g/mol. The zero-order valence-electron chi connectivity index (χ0n) is 18.1. The molecule has 0 aromatic heterocycles. The minimum Gasteiger partial charge on any atom is -0.376 e. The fourth-order valence-electron chi connectivity index (χ4n) is 3.21. The summed E-state index contributed by atoms with van der Waals surface area (Å²) < 4.78 is 0. The van der Waals surface area contributed by atoms with Gasteiger partial charge in [0.25, 0.3) is 11.8 Å². The van der Waals surface area contributed by atoms with Crippen LogP contribution in [0.2, 0.25) is 0 Å². The summed E-state index contributed by atoms with van der Waals surface area (Å²) in [4.78, 5) is 38.6. The van der Waals surface area contributed by atoms with Crippen LogP contribution in [-0.4, -0.2) is 37.9 Å². The van der Waals surface area contributed by atoms with Crippen molar-refractivity contribution in [1.29, 1.82) is 0 Å². The summed E-state index contributed by atoms with van der Waals surface area (Å²) in [5.74, 6) is -0.537. The van der Waals surface area contributed by atoms with E-state index in [0.717, 1.165) is 5.69 Å². The van der Waals surface area contributed by atoms with Gasteiger partial charge in [0.2, 0.25) is 5.91 Å². The molecule has 3 aromatic rings. The van der Waals surface area contributed by atoms with Gasteiger partial charge in [0.05, 0.1) is 6.54 Å². The molecule has 3 amide bonds. The summed E-state index contributed by atoms with van der Waals surface area (Å²) in [5.41, 5.74) is 3.15. The predicted molar refractivity (Wildman–Crippen MR) is 127 cm³/mol. The second-order valence-electron chi connectivity index (χ2n) is 7.02. The average molecular weight is 431 g/mol. The van der Waals surface area contributed by atoms with E-state index in [1.165, 1.54) is 0 Å². The Morgan fingerprint density at radius 3 is 2.19 bits per heavy atom. The molecule has 0 radical (unpaired) electrons. The van der Waals surface area contributed by atoms with Gasteiger partial charge < -0.3 is 20.9 Å². The lowest BCUT2D eigenvalue weighted by atomic mass is 10.1. The molecule has 7 nitrogen and oxygen atoms in total. The van der Waals surface area contributed by atoms with Crippen molar-refractivity contribution in [3.8, 4) is 0 Å². The van der Waals surface area contributed by atoms with Gasteiger partial charge in [-0.1, -0.05) is 24.3 Å². The second-order valence-corrected chi connectivity index (χ2v) is 7.02. The van der Waals surface area contributed by atoms with E-state index in [2.05, 4.69) is 16.0 Å². The summed E-state index contributed by atoms with van der Waals surface area (Å²) in [6, 6.07) is 23.2. The Labute approximate surface area is 187 Å². The molecule has 0 atom stereocenters. The molecule has 0 heterocycles. The van der Waals surface area contributed by atoms with Crippen molar-refractivity contribution in [2.75, 3.05) is 35.7 Å². The molecule has 3 N–H and O–H groups in total. The number of rotatable bonds is 8. The van der Waals surface area contributed by atoms with Gasteiger partial charge in [-0.05, 0) is 61.5 Å². The van der Waals surface area contributed by atoms with Crippen LogP contribution in [0.5, 0.6) is 0 Å². The molecule has 3 rings (SSSR count). The highest BCUT2D eigenvalue weighted by molar-refractivity contribution is 6.06. The van der Waals surface area contributed by atoms with E-state index in [1.807, 2.05) is 37.3 Å². The van der Waals surface area contributed by atoms with Crippen molar-refractivity contribution in [1.82, 2.24) is 5.32 Å². The Bertz CT molecular complexity index is 1080. The van der Waals surface area contributed by atoms with Crippen LogP contribution in [0.4, 0.5) is 17.1 Å². The van der Waals surface area contributed by atoms with Crippen molar-refractivity contribution in [3.63, 3.8) is 0 Å². The molecule has 0 unspecified atom stereocenters. The van der Waals surface area contributed by atoms with E-state index in [4.69, 9.17) is 0 Å². The highest BCUT2D eigenvalue weighted by atomic mass is 16.2. The van der Waals surface area contributed by atoms with Gasteiger partial charge >= 0.3 is 0 Å². The smallest absolute Gasteiger partial charge is 0.258 e. The van der Waals surface area contributed by atoms with E-state index in [-0.39, 0.29) is 24.3 Å². The molecule has 0 bridgehead atoms. The normalized spacial score (nSPS) is 10.2. The molecule has 0 spiro atoms. The van der Waals surface area contributed by atoms with Crippen LogP contribution >= 0.6 is 0 Å². The number of hydrogen-bond acceptors (Lipinski definition) is 4. The van der Waals surface area contributed by atoms with Gasteiger partial charge in [-0.2, -0.15) is 0 Å². The fraction of sp³-hybridized carbons (Fsp3) is 0.160. The quantitative estimate of drug-likeness (QED) is 0.508. The Hall–Kier alpha value is -4.13. The second kappa shape index (κ2) is 10.8. The number of amides is 3. The first kappa shape index (κ1) is 22.6. The summed E-state index contributed by atoms with van der Waals surface area (Å²) in [6.45, 7) is 2.51. The zero-order chi connectivity index (χ0) is 22.9. The summed E-state index contributed by atoms with van der Waals surface area (Å²) in [7, 11) is 1.56. The zero-order valence-corrected chi connectivity index (χ0v) is 18.1. The van der Waals surface area contributed by atoms with E-state index < -0.39 is 0 Å². The molecular formula is C25H26N4O3. The number of anilines is 3. The maximum absolute atomic E-state index is 13.0. The summed E-state index contributed by atoms with van der Waals surface area (Å²) in [6.07, 6.45) is 0. The number of nitrogens with one attached hydrogen (secondary N) is 3. The van der Waals surface area contributed by atoms with Gasteiger partial charge in [-0.25, -0.2) is 0 Å². The van der Waals surface area contributed by atoms with Gasteiger partial charge in [-0.3, -0.25) is 14.4 Å². The van der Waals surface area contributed by atoms with Crippen LogP contribution in [0.15, 0.2) is 78.9 Å². The topological polar surface area (TPSA) is 90.5 Å². The van der Waals surface area contributed by atoms with Gasteiger partial charge in [0, 0.05) is 41.8 Å². The largest absolute Gasteiger partial charge is 0.376 e. The van der Waals surface area contributed by atoms with Crippen LogP contribution in [0.3, 0.4) is 0 Å². The molecule has 3 aromatic carbocycles. The van der Waals surface area contributed by atoms with Gasteiger partial charge in [-0.15, -0.1) is 0 Å². The molecule has 0 aliphatic heterocycles. The lowest BCUT2D eigenvalue weighted by molar-refractivity contribution is -0.114. The Kier molecular flexibility index (Phi) is 7.59. The Balaban J connectivity index is 1.60. The highest BCUT2D eigenvalue weighted by Gasteiger charge is 2.16. The molecule has 0 aliphatic carbocycles. The first-order valence-corrected chi connectivity index (χ1v) is 10.3. The lowest BCUT2D eigenvalue weighted by Crippen LogP contribution is -2.30. The van der Waals surface area contributed by atoms with E-state index in [0.29, 0.717) is 29.0 Å². The first-order chi connectivity index (χ1) is 15.5. The van der Waals surface area contributed by atoms with E-state index in [1.54, 1.807) is 60.5 Å². The van der Waals surface area contributed by atoms with Gasteiger partial charge in [0.15, 0.2) is 0 Å². The third kappa shape index (κ3) is 5.72. The number of nitrogens with zero attached hydrogens (tertiary/aromatic N) is 1. The maximum atomic E-state index is 13.0. The lowest BCUT2D eigenvalue weighted by Gasteiger charge is -2.21. The minimum atomic E-state index is -0.242. The van der Waals surface area contributed by atoms with Gasteiger partial charge in [0.1, 0.15) is 0 Å². The Morgan fingerprint density at radius 2 is 1.53 bits per heavy atom. The van der Waals surface area contributed by atoms with Crippen LogP contribution in [0.1, 0.15) is 27.6 Å². The molecule has 0 saturated carbocycles. The van der Waals surface area contributed by atoms with Crippen LogP contribution < -0.4 is 20.9 Å². The SMILES string of the molecule is CCN(C(=O)c1cccc(NCC(=O)Nc2ccc(C(=O)NC)cc2)c1)c1ccccc1. The number of carbonyl (C=O) groups excluding carboxylic acids is 3. The van der Waals surface area contributed by atoms with Crippen LogP contribution in [0.25, 0.3) is 0 Å². The summed E-state index contributed by atoms with van der Waals surface area (Å²) in [5, 5.41) is 8.37. The minimum absolute atomic E-state index is 0.0328. The van der Waals surface area contributed by atoms with E-state index >= 15 is 0 Å². The summed E-state index contributed by atoms with van der Waals surface area (Å²) >= 11 is 0. The van der Waals surface area contributed by atoms with Crippen molar-refractivity contribution in [2.45, 2.75) is 6.92 Å². The number of carbonyl (C=O) groups is 3. The molecule has 0 saturated heterocycles. The number of hydrogen-bond donors (Lipinski definition) is 3. The fourth-order valence-corrected chi connectivity index (χ4v) is 3.21. The molecule has 7 heteroatoms. The predicted octanol–water partition coefficient (Wildman–Crippen LogP) is 3.76. The molecule has 164 valence electrons. The van der Waals surface area contributed by atoms with E-state index in [9.17, 15) is 14.4 Å². The third-order valence-electron chi connectivity index (χ3n) is 4.85. The number of benzene rings is 3. The maximum Gasteiger partial charge on any atom is 0.258 e. The number of para-hydroxylation sites is 1. The highest BCUT2D eigenvalue weighted by Crippen LogP contribution is 2.19. The Morgan fingerprint density at radius 1 is 0.812 bits per heavy atom. The first-order valence-electron chi connectivity index (χ1n) is 10.3. The van der Waals surface area contributed by atoms with Crippen LogP contribution in [0, 0.1) is 0 Å². The average Bonchev–Trinajstić information content (AvgIpc) is 2.84. The van der Waals surface area contributed by atoms with Crippen LogP contribution in [-0.2, 0) is 4.79 Å². The van der Waals surface area contributed by atoms with Crippen molar-refractivity contribution in [2.24, 2.45) is 0 Å². The van der Waals surface area contributed by atoms with Crippen molar-refractivity contribution >= 4 is 34.8 Å². The van der Waals surface area contributed by atoms with Crippen molar-refractivity contribution < 1.29 is 14.4 Å².